The number of hydrogen-bond acceptors (Lipinski definition) is 4. The molecule has 0 saturated carbocycles. The summed E-state index contributed by atoms with van der Waals surface area (Å²) in [5, 5.41) is 1.34. The molecule has 148 valence electrons. The van der Waals surface area contributed by atoms with Gasteiger partial charge in [-0.1, -0.05) is 41.6 Å². The summed E-state index contributed by atoms with van der Waals surface area (Å²) in [4.78, 5) is 18.7. The summed E-state index contributed by atoms with van der Waals surface area (Å²) >= 11 is 7.42. The third-order valence-corrected chi connectivity index (χ3v) is 5.51. The van der Waals surface area contributed by atoms with E-state index in [9.17, 15) is 9.18 Å². The van der Waals surface area contributed by atoms with Crippen molar-refractivity contribution in [3.8, 4) is 0 Å². The van der Waals surface area contributed by atoms with Gasteiger partial charge < -0.3 is 14.2 Å². The van der Waals surface area contributed by atoms with Crippen LogP contribution in [0.5, 0.6) is 0 Å². The van der Waals surface area contributed by atoms with Gasteiger partial charge in [-0.05, 0) is 24.3 Å². The van der Waals surface area contributed by atoms with Gasteiger partial charge in [0.15, 0.2) is 5.16 Å². The number of fused-ring (bicyclic) bond motifs is 1. The molecule has 1 heterocycles. The normalized spacial score (nSPS) is 11.1. The third kappa shape index (κ3) is 4.84. The summed E-state index contributed by atoms with van der Waals surface area (Å²) in [7, 11) is 3.31. The van der Waals surface area contributed by atoms with Crippen molar-refractivity contribution < 1.29 is 13.9 Å². The van der Waals surface area contributed by atoms with Crippen molar-refractivity contribution in [2.75, 3.05) is 26.5 Å². The van der Waals surface area contributed by atoms with Crippen LogP contribution in [0, 0.1) is 5.82 Å². The first-order valence-corrected chi connectivity index (χ1v) is 10.1. The van der Waals surface area contributed by atoms with Gasteiger partial charge in [0.25, 0.3) is 0 Å². The van der Waals surface area contributed by atoms with Crippen LogP contribution >= 0.6 is 23.4 Å². The minimum atomic E-state index is -0.312. The molecule has 0 aliphatic heterocycles. The van der Waals surface area contributed by atoms with E-state index in [1.165, 1.54) is 22.7 Å². The lowest BCUT2D eigenvalue weighted by Crippen LogP contribution is -2.28. The molecule has 0 spiro atoms. The van der Waals surface area contributed by atoms with E-state index in [0.29, 0.717) is 23.7 Å². The molecule has 5 nitrogen and oxygen atoms in total. The first-order valence-electron chi connectivity index (χ1n) is 8.74. The van der Waals surface area contributed by atoms with E-state index in [2.05, 4.69) is 4.98 Å². The van der Waals surface area contributed by atoms with Crippen molar-refractivity contribution in [1.82, 2.24) is 14.5 Å². The number of aromatic nitrogens is 2. The van der Waals surface area contributed by atoms with Crippen LogP contribution < -0.4 is 0 Å². The number of rotatable bonds is 8. The van der Waals surface area contributed by atoms with Crippen LogP contribution in [0.25, 0.3) is 11.0 Å². The molecule has 2 aromatic carbocycles. The number of nitrogens with zero attached hydrogens (tertiary/aromatic N) is 3. The third-order valence-electron chi connectivity index (χ3n) is 4.31. The lowest BCUT2D eigenvalue weighted by molar-refractivity contribution is -0.127. The molecule has 1 aromatic heterocycles. The topological polar surface area (TPSA) is 47.4 Å². The van der Waals surface area contributed by atoms with Gasteiger partial charge in [0, 0.05) is 37.8 Å². The molecule has 0 aliphatic rings. The number of amides is 1. The first-order chi connectivity index (χ1) is 13.5. The minimum absolute atomic E-state index is 0.100. The zero-order valence-corrected chi connectivity index (χ0v) is 17.3. The number of imidazole rings is 1. The quantitative estimate of drug-likeness (QED) is 0.511. The maximum Gasteiger partial charge on any atom is 0.233 e. The Hall–Kier alpha value is -2.09. The Labute approximate surface area is 172 Å². The van der Waals surface area contributed by atoms with Gasteiger partial charge in [0.2, 0.25) is 5.91 Å². The van der Waals surface area contributed by atoms with Crippen molar-refractivity contribution in [2.45, 2.75) is 18.2 Å². The van der Waals surface area contributed by atoms with E-state index in [1.54, 1.807) is 38.4 Å². The van der Waals surface area contributed by atoms with Crippen LogP contribution in [0.15, 0.2) is 47.6 Å². The summed E-state index contributed by atoms with van der Waals surface area (Å²) in [6.45, 7) is 1.38. The summed E-state index contributed by atoms with van der Waals surface area (Å²) in [5.74, 6) is -0.209. The lowest BCUT2D eigenvalue weighted by atomic mass is 10.2. The first kappa shape index (κ1) is 20.6. The smallest absolute Gasteiger partial charge is 0.233 e. The minimum Gasteiger partial charge on any atom is -0.383 e. The molecule has 3 aromatic rings. The fourth-order valence-electron chi connectivity index (χ4n) is 2.80. The number of carbonyl (C=O) groups excluding carboxylic acids is 1. The van der Waals surface area contributed by atoms with Crippen LogP contribution in [0.2, 0.25) is 5.02 Å². The van der Waals surface area contributed by atoms with Crippen LogP contribution in [0.1, 0.15) is 5.56 Å². The van der Waals surface area contributed by atoms with Gasteiger partial charge in [0.05, 0.1) is 23.4 Å². The highest BCUT2D eigenvalue weighted by Crippen LogP contribution is 2.26. The second kappa shape index (κ2) is 9.41. The number of hydrogen-bond donors (Lipinski definition) is 0. The molecular weight excluding hydrogens is 401 g/mol. The number of ether oxygens (including phenoxy) is 1. The Balaban J connectivity index is 1.71. The fraction of sp³-hybridized carbons (Fsp3) is 0.300. The Morgan fingerprint density at radius 2 is 2.11 bits per heavy atom. The predicted octanol–water partition coefficient (Wildman–Crippen LogP) is 4.23. The van der Waals surface area contributed by atoms with E-state index in [4.69, 9.17) is 16.3 Å². The largest absolute Gasteiger partial charge is 0.383 e. The van der Waals surface area contributed by atoms with Gasteiger partial charge in [-0.25, -0.2) is 9.37 Å². The predicted molar refractivity (Wildman–Crippen MR) is 110 cm³/mol. The zero-order chi connectivity index (χ0) is 20.1. The highest BCUT2D eigenvalue weighted by Gasteiger charge is 2.16. The van der Waals surface area contributed by atoms with Gasteiger partial charge in [-0.2, -0.15) is 0 Å². The second-order valence-electron chi connectivity index (χ2n) is 6.30. The zero-order valence-electron chi connectivity index (χ0n) is 15.7. The Morgan fingerprint density at radius 3 is 2.86 bits per heavy atom. The SMILES string of the molecule is COCCn1c(SCC(=O)N(C)Cc2ccccc2F)nc2cc(Cl)ccc21. The molecule has 3 rings (SSSR count). The Bertz CT molecular complexity index is 979. The molecule has 8 heteroatoms. The van der Waals surface area contributed by atoms with E-state index < -0.39 is 0 Å². The summed E-state index contributed by atoms with van der Waals surface area (Å²) in [6.07, 6.45) is 0. The number of carbonyl (C=O) groups is 1. The van der Waals surface area contributed by atoms with Crippen LogP contribution in [0.4, 0.5) is 4.39 Å². The number of thioether (sulfide) groups is 1. The van der Waals surface area contributed by atoms with Crippen LogP contribution in [-0.4, -0.2) is 46.9 Å². The van der Waals surface area contributed by atoms with Crippen molar-refractivity contribution in [2.24, 2.45) is 0 Å². The number of benzene rings is 2. The molecule has 0 atom stereocenters. The Kier molecular flexibility index (Phi) is 6.93. The van der Waals surface area contributed by atoms with Crippen molar-refractivity contribution >= 4 is 40.3 Å². The lowest BCUT2D eigenvalue weighted by Gasteiger charge is -2.17. The maximum atomic E-state index is 13.8. The second-order valence-corrected chi connectivity index (χ2v) is 7.68. The van der Waals surface area contributed by atoms with Crippen molar-refractivity contribution in [1.29, 1.82) is 0 Å². The van der Waals surface area contributed by atoms with Crippen LogP contribution in [0.3, 0.4) is 0 Å². The molecular formula is C20H21ClFN3O2S. The molecule has 0 bridgehead atoms. The molecule has 0 radical (unpaired) electrons. The fourth-order valence-corrected chi connectivity index (χ4v) is 3.94. The average Bonchev–Trinajstić information content (AvgIpc) is 3.02. The molecule has 28 heavy (non-hydrogen) atoms. The molecule has 0 aliphatic carbocycles. The summed E-state index contributed by atoms with van der Waals surface area (Å²) in [6, 6.07) is 12.0. The van der Waals surface area contributed by atoms with Gasteiger partial charge in [-0.15, -0.1) is 0 Å². The van der Waals surface area contributed by atoms with Crippen LogP contribution in [-0.2, 0) is 22.6 Å². The van der Waals surface area contributed by atoms with Crippen molar-refractivity contribution in [3.63, 3.8) is 0 Å². The molecule has 1 amide bonds. The van der Waals surface area contributed by atoms with Gasteiger partial charge in [0.1, 0.15) is 5.82 Å². The average molecular weight is 422 g/mol. The molecule has 0 fully saturated rings. The van der Waals surface area contributed by atoms with E-state index >= 15 is 0 Å². The summed E-state index contributed by atoms with van der Waals surface area (Å²) < 4.78 is 21.0. The standard InChI is InChI=1S/C20H21ClFN3O2S/c1-24(12-14-5-3-4-6-16(14)22)19(26)13-28-20-23-17-11-15(21)7-8-18(17)25(20)9-10-27-2/h3-8,11H,9-10,12-13H2,1-2H3. The van der Waals surface area contributed by atoms with E-state index in [0.717, 1.165) is 16.2 Å². The maximum absolute atomic E-state index is 13.8. The summed E-state index contributed by atoms with van der Waals surface area (Å²) in [5.41, 5.74) is 2.21. The van der Waals surface area contributed by atoms with Crippen molar-refractivity contribution in [3.05, 3.63) is 58.9 Å². The molecule has 0 N–H and O–H groups in total. The number of methoxy groups -OCH3 is 1. The van der Waals surface area contributed by atoms with Gasteiger partial charge in [-0.3, -0.25) is 4.79 Å². The highest BCUT2D eigenvalue weighted by atomic mass is 35.5. The van der Waals surface area contributed by atoms with E-state index in [1.807, 2.05) is 16.7 Å². The number of halogens is 2. The highest BCUT2D eigenvalue weighted by molar-refractivity contribution is 7.99. The monoisotopic (exact) mass is 421 g/mol. The molecule has 0 saturated heterocycles. The van der Waals surface area contributed by atoms with Gasteiger partial charge >= 0.3 is 0 Å². The Morgan fingerprint density at radius 1 is 1.32 bits per heavy atom. The van der Waals surface area contributed by atoms with E-state index in [-0.39, 0.29) is 24.0 Å². The molecule has 0 unspecified atom stereocenters.